The summed E-state index contributed by atoms with van der Waals surface area (Å²) in [4.78, 5) is 11.2. The van der Waals surface area contributed by atoms with Crippen molar-refractivity contribution < 1.29 is 0 Å². The minimum atomic E-state index is 0.551. The molecular formula is C13H22ClN5. The lowest BCUT2D eigenvalue weighted by Gasteiger charge is -2.33. The van der Waals surface area contributed by atoms with Crippen LogP contribution in [0.25, 0.3) is 0 Å². The third kappa shape index (κ3) is 3.78. The largest absolute Gasteiger partial charge is 0.304 e. The standard InChI is InChI=1S/C13H22ClN5/c1-4-5-11-15-12(14)10(2)13(16-11)17-19-8-6-18(3)7-9-19/h4-9H2,1-3H3,(H,15,16,17). The Morgan fingerprint density at radius 3 is 2.53 bits per heavy atom. The number of aromatic nitrogens is 2. The highest BCUT2D eigenvalue weighted by Gasteiger charge is 2.16. The lowest BCUT2D eigenvalue weighted by Crippen LogP contribution is -2.47. The Balaban J connectivity index is 2.10. The molecule has 5 nitrogen and oxygen atoms in total. The summed E-state index contributed by atoms with van der Waals surface area (Å²) in [5.41, 5.74) is 4.30. The average Bonchev–Trinajstić information content (AvgIpc) is 2.38. The number of nitrogens with zero attached hydrogens (tertiary/aromatic N) is 4. The maximum absolute atomic E-state index is 6.18. The molecule has 1 saturated heterocycles. The summed E-state index contributed by atoms with van der Waals surface area (Å²) >= 11 is 6.18. The van der Waals surface area contributed by atoms with Crippen LogP contribution in [0.3, 0.4) is 0 Å². The molecule has 1 fully saturated rings. The van der Waals surface area contributed by atoms with Gasteiger partial charge in [0.05, 0.1) is 0 Å². The van der Waals surface area contributed by atoms with E-state index < -0.39 is 0 Å². The minimum Gasteiger partial charge on any atom is -0.304 e. The maximum atomic E-state index is 6.18. The van der Waals surface area contributed by atoms with Crippen molar-refractivity contribution in [3.05, 3.63) is 16.5 Å². The molecule has 0 aliphatic carbocycles. The number of piperazine rings is 1. The van der Waals surface area contributed by atoms with Gasteiger partial charge >= 0.3 is 0 Å². The Bertz CT molecular complexity index is 429. The third-order valence-corrected chi connectivity index (χ3v) is 3.74. The van der Waals surface area contributed by atoms with E-state index in [9.17, 15) is 0 Å². The van der Waals surface area contributed by atoms with Gasteiger partial charge in [0.1, 0.15) is 16.8 Å². The molecule has 0 atom stereocenters. The van der Waals surface area contributed by atoms with Crippen molar-refractivity contribution in [3.8, 4) is 0 Å². The predicted octanol–water partition coefficient (Wildman–Crippen LogP) is 1.97. The first-order valence-corrected chi connectivity index (χ1v) is 7.21. The van der Waals surface area contributed by atoms with Crippen molar-refractivity contribution >= 4 is 17.4 Å². The van der Waals surface area contributed by atoms with Gasteiger partial charge in [-0.15, -0.1) is 0 Å². The summed E-state index contributed by atoms with van der Waals surface area (Å²) in [6.07, 6.45) is 1.88. The van der Waals surface area contributed by atoms with Gasteiger partial charge in [0.15, 0.2) is 0 Å². The fourth-order valence-corrected chi connectivity index (χ4v) is 2.23. The second-order valence-corrected chi connectivity index (χ2v) is 5.41. The highest BCUT2D eigenvalue weighted by molar-refractivity contribution is 6.30. The Kier molecular flexibility index (Phi) is 4.96. The van der Waals surface area contributed by atoms with E-state index in [0.717, 1.165) is 56.2 Å². The number of hydrogen-bond donors (Lipinski definition) is 1. The molecule has 0 radical (unpaired) electrons. The van der Waals surface area contributed by atoms with Crippen LogP contribution in [0, 0.1) is 6.92 Å². The summed E-state index contributed by atoms with van der Waals surface area (Å²) in [5.74, 6) is 1.66. The predicted molar refractivity (Wildman–Crippen MR) is 78.5 cm³/mol. The molecule has 106 valence electrons. The van der Waals surface area contributed by atoms with E-state index in [1.165, 1.54) is 0 Å². The summed E-state index contributed by atoms with van der Waals surface area (Å²) in [7, 11) is 2.14. The first-order chi connectivity index (χ1) is 9.10. The lowest BCUT2D eigenvalue weighted by atomic mass is 10.3. The van der Waals surface area contributed by atoms with Gasteiger partial charge in [0.2, 0.25) is 0 Å². The van der Waals surface area contributed by atoms with Crippen LogP contribution in [0.15, 0.2) is 0 Å². The number of nitrogens with one attached hydrogen (secondary N) is 1. The molecule has 1 aromatic rings. The summed E-state index contributed by atoms with van der Waals surface area (Å²) in [6.45, 7) is 8.17. The molecule has 0 bridgehead atoms. The van der Waals surface area contributed by atoms with E-state index in [1.54, 1.807) is 0 Å². The van der Waals surface area contributed by atoms with Gasteiger partial charge < -0.3 is 10.3 Å². The molecule has 1 N–H and O–H groups in total. The molecule has 2 heterocycles. The molecule has 0 aromatic carbocycles. The average molecular weight is 284 g/mol. The molecular weight excluding hydrogens is 262 g/mol. The normalized spacial score (nSPS) is 17.7. The van der Waals surface area contributed by atoms with Crippen molar-refractivity contribution in [1.29, 1.82) is 0 Å². The quantitative estimate of drug-likeness (QED) is 0.856. The molecule has 6 heteroatoms. The number of aryl methyl sites for hydroxylation is 1. The topological polar surface area (TPSA) is 44.3 Å². The monoisotopic (exact) mass is 283 g/mol. The molecule has 1 aromatic heterocycles. The fourth-order valence-electron chi connectivity index (χ4n) is 2.05. The number of halogens is 1. The van der Waals surface area contributed by atoms with Crippen LogP contribution in [-0.4, -0.2) is 53.1 Å². The number of hydrogen-bond acceptors (Lipinski definition) is 5. The summed E-state index contributed by atoms with van der Waals surface area (Å²) in [6, 6.07) is 0. The molecule has 1 aliphatic heterocycles. The minimum absolute atomic E-state index is 0.551. The third-order valence-electron chi connectivity index (χ3n) is 3.37. The fraction of sp³-hybridized carbons (Fsp3) is 0.692. The smallest absolute Gasteiger partial charge is 0.148 e. The van der Waals surface area contributed by atoms with Crippen LogP contribution in [-0.2, 0) is 6.42 Å². The number of likely N-dealkylation sites (N-methyl/N-ethyl adjacent to an activating group) is 1. The SMILES string of the molecule is CCCc1nc(Cl)c(C)c(NN2CCN(C)CC2)n1. The zero-order valence-electron chi connectivity index (χ0n) is 11.9. The second kappa shape index (κ2) is 6.50. The number of rotatable bonds is 4. The lowest BCUT2D eigenvalue weighted by molar-refractivity contribution is 0.178. The molecule has 1 aliphatic rings. The first kappa shape index (κ1) is 14.5. The van der Waals surface area contributed by atoms with E-state index in [1.807, 2.05) is 6.92 Å². The highest BCUT2D eigenvalue weighted by Crippen LogP contribution is 2.21. The molecule has 0 unspecified atom stereocenters. The van der Waals surface area contributed by atoms with E-state index in [-0.39, 0.29) is 0 Å². The van der Waals surface area contributed by atoms with Gasteiger partial charge in [-0.1, -0.05) is 18.5 Å². The Labute approximate surface area is 119 Å². The molecule has 19 heavy (non-hydrogen) atoms. The molecule has 0 saturated carbocycles. The Morgan fingerprint density at radius 1 is 1.21 bits per heavy atom. The van der Waals surface area contributed by atoms with E-state index in [0.29, 0.717) is 5.15 Å². The van der Waals surface area contributed by atoms with Gasteiger partial charge in [-0.2, -0.15) is 0 Å². The molecule has 0 spiro atoms. The summed E-state index contributed by atoms with van der Waals surface area (Å²) in [5, 5.41) is 2.75. The molecule has 2 rings (SSSR count). The van der Waals surface area contributed by atoms with Gasteiger partial charge in [0.25, 0.3) is 0 Å². The van der Waals surface area contributed by atoms with Crippen LogP contribution < -0.4 is 5.43 Å². The van der Waals surface area contributed by atoms with E-state index in [4.69, 9.17) is 11.6 Å². The first-order valence-electron chi connectivity index (χ1n) is 6.83. The van der Waals surface area contributed by atoms with E-state index >= 15 is 0 Å². The zero-order valence-corrected chi connectivity index (χ0v) is 12.7. The van der Waals surface area contributed by atoms with Crippen LogP contribution in [0.4, 0.5) is 5.82 Å². The van der Waals surface area contributed by atoms with Crippen molar-refractivity contribution in [3.63, 3.8) is 0 Å². The molecule has 0 amide bonds. The number of hydrazine groups is 1. The van der Waals surface area contributed by atoms with Crippen molar-refractivity contribution in [2.75, 3.05) is 38.7 Å². The van der Waals surface area contributed by atoms with Crippen molar-refractivity contribution in [2.24, 2.45) is 0 Å². The van der Waals surface area contributed by atoms with Gasteiger partial charge in [0, 0.05) is 38.2 Å². The van der Waals surface area contributed by atoms with Crippen LogP contribution in [0.5, 0.6) is 0 Å². The second-order valence-electron chi connectivity index (χ2n) is 5.06. The van der Waals surface area contributed by atoms with Crippen LogP contribution in [0.2, 0.25) is 5.15 Å². The Morgan fingerprint density at radius 2 is 1.89 bits per heavy atom. The number of anilines is 1. The van der Waals surface area contributed by atoms with Crippen molar-refractivity contribution in [1.82, 2.24) is 19.9 Å². The summed E-state index contributed by atoms with van der Waals surface area (Å²) < 4.78 is 0. The van der Waals surface area contributed by atoms with E-state index in [2.05, 4.69) is 39.3 Å². The van der Waals surface area contributed by atoms with Crippen molar-refractivity contribution in [2.45, 2.75) is 26.7 Å². The van der Waals surface area contributed by atoms with Gasteiger partial charge in [-0.3, -0.25) is 0 Å². The Hall–Kier alpha value is -0.910. The van der Waals surface area contributed by atoms with Crippen LogP contribution >= 0.6 is 11.6 Å². The van der Waals surface area contributed by atoms with Gasteiger partial charge in [-0.05, 0) is 20.4 Å². The van der Waals surface area contributed by atoms with Gasteiger partial charge in [-0.25, -0.2) is 15.0 Å². The highest BCUT2D eigenvalue weighted by atomic mass is 35.5. The van der Waals surface area contributed by atoms with Crippen LogP contribution in [0.1, 0.15) is 24.7 Å². The maximum Gasteiger partial charge on any atom is 0.148 e. The zero-order chi connectivity index (χ0) is 13.8.